The summed E-state index contributed by atoms with van der Waals surface area (Å²) in [5.74, 6) is -0.294. The molecule has 0 saturated carbocycles. The number of hydrogen-bond acceptors (Lipinski definition) is 4. The van der Waals surface area contributed by atoms with E-state index in [9.17, 15) is 9.59 Å². The first-order chi connectivity index (χ1) is 10.9. The number of amides is 2. The number of benzene rings is 2. The van der Waals surface area contributed by atoms with Gasteiger partial charge >= 0.3 is 0 Å². The Bertz CT molecular complexity index is 876. The molecule has 0 saturated heterocycles. The molecule has 6 heteroatoms. The Morgan fingerprint density at radius 2 is 1.30 bits per heavy atom. The molecule has 0 unspecified atom stereocenters. The molecule has 3 rings (SSSR count). The number of nitrogen functional groups attached to an aromatic ring is 1. The number of nitrogens with two attached hydrogens (primary N) is 1. The fourth-order valence-corrected chi connectivity index (χ4v) is 2.54. The second kappa shape index (κ2) is 5.57. The number of rotatable bonds is 2. The quantitative estimate of drug-likeness (QED) is 0.634. The van der Waals surface area contributed by atoms with Crippen LogP contribution in [0.3, 0.4) is 0 Å². The van der Waals surface area contributed by atoms with Crippen LogP contribution in [-0.4, -0.2) is 16.8 Å². The van der Waals surface area contributed by atoms with E-state index in [2.05, 4.69) is 15.6 Å². The van der Waals surface area contributed by atoms with Crippen LogP contribution >= 0.6 is 0 Å². The normalized spacial score (nSPS) is 10.7. The number of carbonyl (C=O) groups is 2. The highest BCUT2D eigenvalue weighted by atomic mass is 16.2. The molecule has 23 heavy (non-hydrogen) atoms. The van der Waals surface area contributed by atoms with Crippen molar-refractivity contribution >= 4 is 50.7 Å². The number of aromatic nitrogens is 1. The van der Waals surface area contributed by atoms with Crippen LogP contribution in [0.1, 0.15) is 13.8 Å². The molecule has 0 aliphatic carbocycles. The van der Waals surface area contributed by atoms with Crippen molar-refractivity contribution in [3.8, 4) is 0 Å². The van der Waals surface area contributed by atoms with Gasteiger partial charge in [0.25, 0.3) is 0 Å². The molecule has 116 valence electrons. The number of pyridine rings is 1. The molecule has 0 spiro atoms. The van der Waals surface area contributed by atoms with Gasteiger partial charge in [-0.25, -0.2) is 4.98 Å². The molecule has 0 bridgehead atoms. The van der Waals surface area contributed by atoms with Gasteiger partial charge in [0.15, 0.2) is 0 Å². The summed E-state index contributed by atoms with van der Waals surface area (Å²) in [4.78, 5) is 27.0. The fourth-order valence-electron chi connectivity index (χ4n) is 2.54. The van der Waals surface area contributed by atoms with E-state index in [-0.39, 0.29) is 11.8 Å². The summed E-state index contributed by atoms with van der Waals surface area (Å²) in [5.41, 5.74) is 9.55. The van der Waals surface area contributed by atoms with Crippen LogP contribution in [0.4, 0.5) is 17.1 Å². The van der Waals surface area contributed by atoms with Crippen molar-refractivity contribution in [2.45, 2.75) is 13.8 Å². The zero-order chi connectivity index (χ0) is 16.6. The average molecular weight is 308 g/mol. The Morgan fingerprint density at radius 1 is 0.870 bits per heavy atom. The number of carbonyl (C=O) groups excluding carboxylic acids is 2. The largest absolute Gasteiger partial charge is 0.398 e. The summed E-state index contributed by atoms with van der Waals surface area (Å²) >= 11 is 0. The Kier molecular flexibility index (Phi) is 3.57. The summed E-state index contributed by atoms with van der Waals surface area (Å²) in [6, 6.07) is 10.8. The zero-order valence-corrected chi connectivity index (χ0v) is 12.8. The zero-order valence-electron chi connectivity index (χ0n) is 12.8. The third kappa shape index (κ3) is 2.91. The van der Waals surface area contributed by atoms with Crippen molar-refractivity contribution in [2.75, 3.05) is 16.4 Å². The fraction of sp³-hybridized carbons (Fsp3) is 0.118. The van der Waals surface area contributed by atoms with Gasteiger partial charge in [-0.3, -0.25) is 9.59 Å². The Hall–Kier alpha value is -3.15. The lowest BCUT2D eigenvalue weighted by Gasteiger charge is -2.10. The lowest BCUT2D eigenvalue weighted by molar-refractivity contribution is -0.115. The Balaban J connectivity index is 2.18. The predicted molar refractivity (Wildman–Crippen MR) is 92.3 cm³/mol. The molecule has 0 atom stereocenters. The van der Waals surface area contributed by atoms with Gasteiger partial charge < -0.3 is 16.4 Å². The maximum atomic E-state index is 11.2. The Labute approximate surface area is 132 Å². The summed E-state index contributed by atoms with van der Waals surface area (Å²) in [6.45, 7) is 2.90. The highest BCUT2D eigenvalue weighted by molar-refractivity contribution is 6.08. The van der Waals surface area contributed by atoms with Crippen LogP contribution in [0.25, 0.3) is 21.8 Å². The van der Waals surface area contributed by atoms with Crippen LogP contribution in [0.5, 0.6) is 0 Å². The number of nitrogens with one attached hydrogen (secondary N) is 2. The predicted octanol–water partition coefficient (Wildman–Crippen LogP) is 2.89. The molecule has 2 aromatic carbocycles. The van der Waals surface area contributed by atoms with E-state index in [0.29, 0.717) is 28.1 Å². The van der Waals surface area contributed by atoms with E-state index >= 15 is 0 Å². The summed E-state index contributed by atoms with van der Waals surface area (Å²) in [5, 5.41) is 7.09. The minimum Gasteiger partial charge on any atom is -0.398 e. The van der Waals surface area contributed by atoms with Gasteiger partial charge in [0.05, 0.1) is 16.7 Å². The first kappa shape index (κ1) is 14.8. The minimum atomic E-state index is -0.147. The molecule has 0 fully saturated rings. The van der Waals surface area contributed by atoms with Crippen LogP contribution in [0, 0.1) is 0 Å². The van der Waals surface area contributed by atoms with E-state index in [1.807, 2.05) is 12.1 Å². The molecular weight excluding hydrogens is 292 g/mol. The number of anilines is 3. The van der Waals surface area contributed by atoms with Crippen LogP contribution in [0.15, 0.2) is 36.4 Å². The van der Waals surface area contributed by atoms with Gasteiger partial charge in [0.2, 0.25) is 11.8 Å². The van der Waals surface area contributed by atoms with Crippen molar-refractivity contribution in [1.29, 1.82) is 0 Å². The van der Waals surface area contributed by atoms with Gasteiger partial charge in [-0.15, -0.1) is 0 Å². The number of nitrogens with zero attached hydrogens (tertiary/aromatic N) is 1. The second-order valence-corrected chi connectivity index (χ2v) is 5.35. The van der Waals surface area contributed by atoms with E-state index in [0.717, 1.165) is 10.8 Å². The molecule has 2 amide bonds. The molecule has 4 N–H and O–H groups in total. The highest BCUT2D eigenvalue weighted by Crippen LogP contribution is 2.31. The Morgan fingerprint density at radius 3 is 1.70 bits per heavy atom. The summed E-state index contributed by atoms with van der Waals surface area (Å²) < 4.78 is 0. The molecule has 6 nitrogen and oxygen atoms in total. The van der Waals surface area contributed by atoms with Crippen molar-refractivity contribution < 1.29 is 9.59 Å². The van der Waals surface area contributed by atoms with E-state index in [4.69, 9.17) is 5.73 Å². The van der Waals surface area contributed by atoms with Crippen molar-refractivity contribution in [1.82, 2.24) is 4.98 Å². The molecule has 1 aromatic heterocycles. The second-order valence-electron chi connectivity index (χ2n) is 5.35. The minimum absolute atomic E-state index is 0.147. The third-order valence-electron chi connectivity index (χ3n) is 3.46. The average Bonchev–Trinajstić information content (AvgIpc) is 2.45. The lowest BCUT2D eigenvalue weighted by atomic mass is 10.1. The van der Waals surface area contributed by atoms with Crippen molar-refractivity contribution in [3.63, 3.8) is 0 Å². The molecule has 0 aliphatic heterocycles. The van der Waals surface area contributed by atoms with Gasteiger partial charge in [0.1, 0.15) is 0 Å². The van der Waals surface area contributed by atoms with Crippen LogP contribution in [-0.2, 0) is 9.59 Å². The third-order valence-corrected chi connectivity index (χ3v) is 3.46. The molecule has 0 aliphatic rings. The number of fused-ring (bicyclic) bond motifs is 2. The first-order valence-corrected chi connectivity index (χ1v) is 7.12. The van der Waals surface area contributed by atoms with Gasteiger partial charge in [-0.2, -0.15) is 0 Å². The van der Waals surface area contributed by atoms with Gasteiger partial charge in [-0.1, -0.05) is 0 Å². The molecule has 1 heterocycles. The first-order valence-electron chi connectivity index (χ1n) is 7.12. The SMILES string of the molecule is CC(=O)Nc1ccc2c(N)c3ccc(NC(C)=O)cc3nc2c1. The monoisotopic (exact) mass is 308 g/mol. The maximum Gasteiger partial charge on any atom is 0.221 e. The highest BCUT2D eigenvalue weighted by Gasteiger charge is 2.09. The summed E-state index contributed by atoms with van der Waals surface area (Å²) in [6.07, 6.45) is 0. The van der Waals surface area contributed by atoms with E-state index < -0.39 is 0 Å². The summed E-state index contributed by atoms with van der Waals surface area (Å²) in [7, 11) is 0. The standard InChI is InChI=1S/C17H16N4O2/c1-9(22)19-11-3-5-13-15(7-11)21-16-8-12(20-10(2)23)4-6-14(16)17(13)18/h3-8H,1-2H3,(H2,18,21)(H,19,22)(H,20,23). The number of hydrogen-bond donors (Lipinski definition) is 3. The van der Waals surface area contributed by atoms with Crippen LogP contribution in [0.2, 0.25) is 0 Å². The lowest BCUT2D eigenvalue weighted by Crippen LogP contribution is -2.06. The maximum absolute atomic E-state index is 11.2. The van der Waals surface area contributed by atoms with Crippen molar-refractivity contribution in [2.24, 2.45) is 0 Å². The molecular formula is C17H16N4O2. The van der Waals surface area contributed by atoms with E-state index in [1.54, 1.807) is 24.3 Å². The van der Waals surface area contributed by atoms with Gasteiger partial charge in [0, 0.05) is 36.0 Å². The molecule has 3 aromatic rings. The topological polar surface area (TPSA) is 97.1 Å². The van der Waals surface area contributed by atoms with Crippen molar-refractivity contribution in [3.05, 3.63) is 36.4 Å². The van der Waals surface area contributed by atoms with E-state index in [1.165, 1.54) is 13.8 Å². The van der Waals surface area contributed by atoms with Gasteiger partial charge in [-0.05, 0) is 36.4 Å². The van der Waals surface area contributed by atoms with Crippen LogP contribution < -0.4 is 16.4 Å². The smallest absolute Gasteiger partial charge is 0.221 e. The molecule has 0 radical (unpaired) electrons.